The molecule has 2 unspecified atom stereocenters. The van der Waals surface area contributed by atoms with Gasteiger partial charge in [0, 0.05) is 5.92 Å². The first-order valence-corrected chi connectivity index (χ1v) is 12.0. The van der Waals surface area contributed by atoms with Crippen LogP contribution in [0.4, 0.5) is 4.39 Å². The van der Waals surface area contributed by atoms with Gasteiger partial charge in [-0.2, -0.15) is 0 Å². The van der Waals surface area contributed by atoms with Gasteiger partial charge in [0.05, 0.1) is 0 Å². The molecule has 0 fully saturated rings. The lowest BCUT2D eigenvalue weighted by molar-refractivity contribution is 0.305. The normalized spacial score (nSPS) is 16.7. The molecule has 1 aliphatic carbocycles. The maximum atomic E-state index is 13.6. The summed E-state index contributed by atoms with van der Waals surface area (Å²) in [6.45, 7) is 4.54. The zero-order valence-corrected chi connectivity index (χ0v) is 19.7. The van der Waals surface area contributed by atoms with Crippen LogP contribution in [0, 0.1) is 5.82 Å². The van der Waals surface area contributed by atoms with E-state index in [2.05, 4.69) is 24.3 Å². The van der Waals surface area contributed by atoms with E-state index < -0.39 is 0 Å². The van der Waals surface area contributed by atoms with Crippen molar-refractivity contribution in [3.8, 4) is 11.5 Å². The van der Waals surface area contributed by atoms with Crippen LogP contribution in [0.3, 0.4) is 0 Å². The molecule has 0 saturated heterocycles. The molecule has 0 radical (unpaired) electrons. The second kappa shape index (κ2) is 11.0. The number of ether oxygens (including phenoxy) is 1. The minimum Gasteiger partial charge on any atom is -0.508 e. The second-order valence-corrected chi connectivity index (χ2v) is 8.40. The number of phenols is 1. The number of rotatable bonds is 5. The van der Waals surface area contributed by atoms with Crippen LogP contribution in [-0.4, -0.2) is 5.11 Å². The maximum Gasteiger partial charge on any atom is 0.123 e. The molecule has 0 aliphatic heterocycles. The van der Waals surface area contributed by atoms with Gasteiger partial charge in [-0.3, -0.25) is 0 Å². The van der Waals surface area contributed by atoms with Gasteiger partial charge in [0.1, 0.15) is 23.9 Å². The van der Waals surface area contributed by atoms with Crippen LogP contribution in [0.5, 0.6) is 11.5 Å². The molecule has 2 atom stereocenters. The Balaban J connectivity index is 0.00000133. The topological polar surface area (TPSA) is 29.5 Å². The molecule has 0 amide bonds. The molecule has 0 heterocycles. The summed E-state index contributed by atoms with van der Waals surface area (Å²) >= 11 is 0. The van der Waals surface area contributed by atoms with Crippen molar-refractivity contribution in [3.63, 3.8) is 0 Å². The Bertz CT molecular complexity index is 1180. The lowest BCUT2D eigenvalue weighted by Crippen LogP contribution is -2.20. The van der Waals surface area contributed by atoms with Crippen LogP contribution in [0.2, 0.25) is 0 Å². The Hall–Kier alpha value is -3.59. The number of hydrogen-bond donors (Lipinski definition) is 1. The van der Waals surface area contributed by atoms with Crippen LogP contribution in [-0.2, 0) is 13.0 Å². The monoisotopic (exact) mass is 454 g/mol. The van der Waals surface area contributed by atoms with Crippen LogP contribution < -0.4 is 4.74 Å². The van der Waals surface area contributed by atoms with Gasteiger partial charge in [0.15, 0.2) is 0 Å². The molecule has 34 heavy (non-hydrogen) atoms. The summed E-state index contributed by atoms with van der Waals surface area (Å²) < 4.78 is 19.6. The third kappa shape index (κ3) is 5.31. The molecule has 5 rings (SSSR count). The third-order valence-corrected chi connectivity index (χ3v) is 6.38. The Morgan fingerprint density at radius 2 is 1.50 bits per heavy atom. The van der Waals surface area contributed by atoms with E-state index in [1.807, 2.05) is 62.4 Å². The van der Waals surface area contributed by atoms with Crippen molar-refractivity contribution in [1.29, 1.82) is 0 Å². The van der Waals surface area contributed by atoms with Gasteiger partial charge in [-0.1, -0.05) is 74.5 Å². The SMILES string of the molecule is CC.Oc1ccc(C2c3ccc(OCc4ccccc4)cc3CCC2c2ccc(F)cc2)cc1. The molecular formula is C31H31FO2. The average Bonchev–Trinajstić information content (AvgIpc) is 2.89. The van der Waals surface area contributed by atoms with E-state index in [0.29, 0.717) is 6.61 Å². The van der Waals surface area contributed by atoms with Crippen molar-refractivity contribution >= 4 is 0 Å². The van der Waals surface area contributed by atoms with Crippen LogP contribution in [0.1, 0.15) is 59.9 Å². The highest BCUT2D eigenvalue weighted by molar-refractivity contribution is 5.48. The lowest BCUT2D eigenvalue weighted by Gasteiger charge is -2.35. The van der Waals surface area contributed by atoms with Crippen molar-refractivity contribution in [2.24, 2.45) is 0 Å². The Kier molecular flexibility index (Phi) is 7.64. The van der Waals surface area contributed by atoms with Crippen LogP contribution in [0.15, 0.2) is 97.1 Å². The van der Waals surface area contributed by atoms with Gasteiger partial charge >= 0.3 is 0 Å². The smallest absolute Gasteiger partial charge is 0.123 e. The standard InChI is InChI=1S/C29H25FO2.C2H6/c30-24-11-6-21(7-12-24)27-16-10-23-18-26(32-19-20-4-2-1-3-5-20)15-17-28(23)29(27)22-8-13-25(31)14-9-22;1-2/h1-9,11-15,17-18,27,29,31H,10,16,19H2;1-2H3. The first-order valence-electron chi connectivity index (χ1n) is 12.0. The molecule has 2 nitrogen and oxygen atoms in total. The summed E-state index contributed by atoms with van der Waals surface area (Å²) in [5, 5.41) is 9.79. The molecule has 1 N–H and O–H groups in total. The van der Waals surface area contributed by atoms with E-state index in [1.165, 1.54) is 11.1 Å². The molecule has 3 heteroatoms. The predicted octanol–water partition coefficient (Wildman–Crippen LogP) is 8.00. The van der Waals surface area contributed by atoms with Crippen molar-refractivity contribution < 1.29 is 14.2 Å². The average molecular weight is 455 g/mol. The molecule has 0 saturated carbocycles. The summed E-state index contributed by atoms with van der Waals surface area (Å²) in [6, 6.07) is 30.9. The molecule has 1 aliphatic rings. The quantitative estimate of drug-likeness (QED) is 0.331. The first kappa shape index (κ1) is 23.6. The number of fused-ring (bicyclic) bond motifs is 1. The number of benzene rings is 4. The largest absolute Gasteiger partial charge is 0.508 e. The fourth-order valence-corrected chi connectivity index (χ4v) is 4.79. The van der Waals surface area contributed by atoms with Gasteiger partial charge in [0.25, 0.3) is 0 Å². The van der Waals surface area contributed by atoms with Gasteiger partial charge in [-0.25, -0.2) is 4.39 Å². The van der Waals surface area contributed by atoms with Crippen LogP contribution >= 0.6 is 0 Å². The third-order valence-electron chi connectivity index (χ3n) is 6.38. The summed E-state index contributed by atoms with van der Waals surface area (Å²) in [5.74, 6) is 1.29. The van der Waals surface area contributed by atoms with E-state index in [-0.39, 0.29) is 23.4 Å². The summed E-state index contributed by atoms with van der Waals surface area (Å²) in [5.41, 5.74) is 5.98. The van der Waals surface area contributed by atoms with Crippen molar-refractivity contribution in [3.05, 3.63) is 131 Å². The number of aromatic hydroxyl groups is 1. The van der Waals surface area contributed by atoms with Crippen LogP contribution in [0.25, 0.3) is 0 Å². The van der Waals surface area contributed by atoms with E-state index in [4.69, 9.17) is 4.74 Å². The molecule has 0 aromatic heterocycles. The molecule has 0 spiro atoms. The second-order valence-electron chi connectivity index (χ2n) is 8.40. The number of hydrogen-bond acceptors (Lipinski definition) is 2. The molecular weight excluding hydrogens is 423 g/mol. The van der Waals surface area contributed by atoms with E-state index in [9.17, 15) is 9.50 Å². The number of phenolic OH excluding ortho intramolecular Hbond substituents is 1. The minimum absolute atomic E-state index is 0.132. The maximum absolute atomic E-state index is 13.6. The molecule has 4 aromatic rings. The number of halogens is 1. The Morgan fingerprint density at radius 3 is 2.21 bits per heavy atom. The fourth-order valence-electron chi connectivity index (χ4n) is 4.79. The molecule has 0 bridgehead atoms. The van der Waals surface area contributed by atoms with Crippen molar-refractivity contribution in [2.75, 3.05) is 0 Å². The van der Waals surface area contributed by atoms with Gasteiger partial charge in [-0.05, 0) is 83.0 Å². The van der Waals surface area contributed by atoms with E-state index >= 15 is 0 Å². The zero-order valence-electron chi connectivity index (χ0n) is 19.7. The summed E-state index contributed by atoms with van der Waals surface area (Å²) in [4.78, 5) is 0. The van der Waals surface area contributed by atoms with Crippen molar-refractivity contribution in [2.45, 2.75) is 45.1 Å². The van der Waals surface area contributed by atoms with E-state index in [1.54, 1.807) is 24.3 Å². The zero-order chi connectivity index (χ0) is 23.9. The van der Waals surface area contributed by atoms with Gasteiger partial charge in [0.2, 0.25) is 0 Å². The highest BCUT2D eigenvalue weighted by atomic mass is 19.1. The molecule has 174 valence electrons. The Labute approximate surface area is 201 Å². The summed E-state index contributed by atoms with van der Waals surface area (Å²) in [7, 11) is 0. The van der Waals surface area contributed by atoms with Crippen molar-refractivity contribution in [1.82, 2.24) is 0 Å². The van der Waals surface area contributed by atoms with E-state index in [0.717, 1.165) is 35.3 Å². The highest BCUT2D eigenvalue weighted by Gasteiger charge is 2.32. The fraction of sp³-hybridized carbons (Fsp3) is 0.226. The summed E-state index contributed by atoms with van der Waals surface area (Å²) in [6.07, 6.45) is 1.90. The number of aryl methyl sites for hydroxylation is 1. The lowest BCUT2D eigenvalue weighted by atomic mass is 9.69. The van der Waals surface area contributed by atoms with Gasteiger partial charge < -0.3 is 9.84 Å². The highest BCUT2D eigenvalue weighted by Crippen LogP contribution is 2.47. The predicted molar refractivity (Wildman–Crippen MR) is 136 cm³/mol. The van der Waals surface area contributed by atoms with Gasteiger partial charge in [-0.15, -0.1) is 0 Å². The first-order chi connectivity index (χ1) is 16.7. The Morgan fingerprint density at radius 1 is 0.824 bits per heavy atom. The minimum atomic E-state index is -0.216. The molecule has 4 aromatic carbocycles.